The largest absolute Gasteiger partial charge is 0.396 e. The van der Waals surface area contributed by atoms with Gasteiger partial charge in [-0.1, -0.05) is 12.1 Å². The molecular weight excluding hydrogens is 404 g/mol. The molecule has 4 heterocycles. The molecule has 1 saturated heterocycles. The molecule has 0 spiro atoms. The zero-order chi connectivity index (χ0) is 22.4. The Labute approximate surface area is 188 Å². The molecular formula is C25H30N4O3. The molecule has 1 N–H and O–H groups in total. The lowest BCUT2D eigenvalue weighted by Crippen LogP contribution is -2.46. The summed E-state index contributed by atoms with van der Waals surface area (Å²) in [5, 5.41) is 10.4. The van der Waals surface area contributed by atoms with Crippen LogP contribution in [0.15, 0.2) is 47.5 Å². The number of hydrogen-bond acceptors (Lipinski definition) is 5. The molecule has 0 unspecified atom stereocenters. The number of fused-ring (bicyclic) bond motifs is 4. The van der Waals surface area contributed by atoms with Gasteiger partial charge >= 0.3 is 0 Å². The van der Waals surface area contributed by atoms with Gasteiger partial charge in [0.2, 0.25) is 5.91 Å². The Hall–Kier alpha value is -2.77. The number of carbonyl (C=O) groups is 1. The van der Waals surface area contributed by atoms with E-state index in [-0.39, 0.29) is 36.1 Å². The minimum Gasteiger partial charge on any atom is -0.396 e. The molecule has 2 bridgehead atoms. The smallest absolute Gasteiger partial charge is 0.258 e. The number of aromatic nitrogens is 2. The molecule has 1 aliphatic carbocycles. The van der Waals surface area contributed by atoms with Gasteiger partial charge in [0, 0.05) is 69.4 Å². The first-order chi connectivity index (χ1) is 15.5. The summed E-state index contributed by atoms with van der Waals surface area (Å²) in [6, 6.07) is 7.55. The minimum atomic E-state index is -0.402. The summed E-state index contributed by atoms with van der Waals surface area (Å²) in [4.78, 5) is 35.0. The molecule has 1 amide bonds. The quantitative estimate of drug-likeness (QED) is 0.780. The van der Waals surface area contributed by atoms with Gasteiger partial charge in [-0.25, -0.2) is 0 Å². The summed E-state index contributed by atoms with van der Waals surface area (Å²) in [7, 11) is 3.51. The monoisotopic (exact) mass is 434 g/mol. The molecule has 0 saturated carbocycles. The van der Waals surface area contributed by atoms with E-state index in [9.17, 15) is 14.7 Å². The first kappa shape index (κ1) is 21.1. The van der Waals surface area contributed by atoms with Gasteiger partial charge in [-0.15, -0.1) is 0 Å². The summed E-state index contributed by atoms with van der Waals surface area (Å²) >= 11 is 0. The van der Waals surface area contributed by atoms with E-state index < -0.39 is 5.92 Å². The van der Waals surface area contributed by atoms with E-state index in [1.54, 1.807) is 25.2 Å². The Morgan fingerprint density at radius 2 is 2.12 bits per heavy atom. The molecule has 7 heteroatoms. The van der Waals surface area contributed by atoms with Crippen LogP contribution in [0.2, 0.25) is 0 Å². The van der Waals surface area contributed by atoms with Crippen LogP contribution in [0.5, 0.6) is 0 Å². The van der Waals surface area contributed by atoms with Gasteiger partial charge in [-0.05, 0) is 48.6 Å². The van der Waals surface area contributed by atoms with E-state index in [4.69, 9.17) is 0 Å². The summed E-state index contributed by atoms with van der Waals surface area (Å²) in [5.41, 5.74) is 3.87. The van der Waals surface area contributed by atoms with E-state index in [1.807, 2.05) is 35.0 Å². The molecule has 7 nitrogen and oxygen atoms in total. The zero-order valence-corrected chi connectivity index (χ0v) is 18.6. The van der Waals surface area contributed by atoms with Gasteiger partial charge in [0.05, 0.1) is 12.0 Å². The topological polar surface area (TPSA) is 78.7 Å². The Balaban J connectivity index is 1.63. The average molecular weight is 435 g/mol. The molecule has 3 aliphatic rings. The highest BCUT2D eigenvalue weighted by atomic mass is 16.3. The van der Waals surface area contributed by atoms with Crippen LogP contribution in [0.3, 0.4) is 0 Å². The van der Waals surface area contributed by atoms with E-state index >= 15 is 0 Å². The third-order valence-electron chi connectivity index (χ3n) is 7.37. The number of nitrogens with zero attached hydrogens (tertiary/aromatic N) is 4. The summed E-state index contributed by atoms with van der Waals surface area (Å²) < 4.78 is 1.87. The Morgan fingerprint density at radius 1 is 1.28 bits per heavy atom. The fraction of sp³-hybridized carbons (Fsp3) is 0.480. The van der Waals surface area contributed by atoms with Crippen molar-refractivity contribution in [2.24, 2.45) is 11.8 Å². The number of carbonyl (C=O) groups excluding carboxylic acids is 1. The molecule has 1 fully saturated rings. The molecule has 32 heavy (non-hydrogen) atoms. The van der Waals surface area contributed by atoms with Gasteiger partial charge < -0.3 is 14.6 Å². The number of aliphatic hydroxyl groups excluding tert-OH is 1. The van der Waals surface area contributed by atoms with E-state index in [0.29, 0.717) is 13.1 Å². The van der Waals surface area contributed by atoms with Crippen molar-refractivity contribution in [2.75, 3.05) is 20.7 Å². The Morgan fingerprint density at radius 3 is 2.78 bits per heavy atom. The average Bonchev–Trinajstić information content (AvgIpc) is 3.39. The molecule has 0 radical (unpaired) electrons. The molecule has 2 aliphatic heterocycles. The van der Waals surface area contributed by atoms with Crippen LogP contribution in [0.4, 0.5) is 0 Å². The third kappa shape index (κ3) is 3.31. The van der Waals surface area contributed by atoms with Crippen LogP contribution in [0.25, 0.3) is 5.57 Å². The highest BCUT2D eigenvalue weighted by Gasteiger charge is 2.56. The van der Waals surface area contributed by atoms with E-state index in [1.165, 1.54) is 0 Å². The van der Waals surface area contributed by atoms with Crippen molar-refractivity contribution < 1.29 is 9.90 Å². The van der Waals surface area contributed by atoms with Gasteiger partial charge in [-0.3, -0.25) is 19.5 Å². The summed E-state index contributed by atoms with van der Waals surface area (Å²) in [6.45, 7) is 1.02. The first-order valence-corrected chi connectivity index (χ1v) is 11.4. The number of hydrogen-bond donors (Lipinski definition) is 1. The molecule has 2 aromatic rings. The number of allylic oxidation sites excluding steroid dienone is 2. The fourth-order valence-corrected chi connectivity index (χ4v) is 5.88. The highest BCUT2D eigenvalue weighted by molar-refractivity contribution is 5.80. The minimum absolute atomic E-state index is 0.00351. The second kappa shape index (κ2) is 8.30. The van der Waals surface area contributed by atoms with Crippen molar-refractivity contribution >= 4 is 11.5 Å². The third-order valence-corrected chi connectivity index (χ3v) is 7.37. The Bertz CT molecular complexity index is 1110. The second-order valence-electron chi connectivity index (χ2n) is 9.36. The summed E-state index contributed by atoms with van der Waals surface area (Å²) in [5.74, 6) is -0.641. The number of amides is 1. The Kier molecular flexibility index (Phi) is 5.47. The maximum absolute atomic E-state index is 13.5. The second-order valence-corrected chi connectivity index (χ2v) is 9.36. The lowest BCUT2D eigenvalue weighted by Gasteiger charge is -2.38. The van der Waals surface area contributed by atoms with Crippen molar-refractivity contribution in [3.63, 3.8) is 0 Å². The predicted molar refractivity (Wildman–Crippen MR) is 122 cm³/mol. The van der Waals surface area contributed by atoms with Crippen LogP contribution in [0.1, 0.15) is 42.1 Å². The summed E-state index contributed by atoms with van der Waals surface area (Å²) in [6.07, 6.45) is 8.81. The van der Waals surface area contributed by atoms with Gasteiger partial charge in [0.1, 0.15) is 0 Å². The first-order valence-electron chi connectivity index (χ1n) is 11.4. The lowest BCUT2D eigenvalue weighted by atomic mass is 9.86. The highest BCUT2D eigenvalue weighted by Crippen LogP contribution is 2.49. The number of rotatable bonds is 5. The van der Waals surface area contributed by atoms with Gasteiger partial charge in [-0.2, -0.15) is 0 Å². The SMILES string of the molecule is CN(C)C(=O)[C@@H]1[C@@H](CO)[C@@H]2Cn3c(ccc(C4=CCCC4)c3=O)[C@H]1N2Cc1cccnc1. The maximum Gasteiger partial charge on any atom is 0.258 e. The van der Waals surface area contributed by atoms with Crippen LogP contribution in [-0.2, 0) is 17.9 Å². The molecule has 4 atom stereocenters. The predicted octanol–water partition coefficient (Wildman–Crippen LogP) is 2.06. The standard InChI is InChI=1S/C25H30N4O3/c1-27(2)25(32)22-19(15-30)21-14-29-20(10-9-18(24(29)31)17-7-3-4-8-17)23(22)28(21)13-16-6-5-11-26-12-16/h5-7,9-12,19,21-23,30H,3-4,8,13-15H2,1-2H3/t19-,21-,22+,23+/m0/s1. The van der Waals surface area contributed by atoms with Crippen molar-refractivity contribution in [3.8, 4) is 0 Å². The van der Waals surface area contributed by atoms with Crippen molar-refractivity contribution in [3.05, 3.63) is 69.9 Å². The van der Waals surface area contributed by atoms with Crippen LogP contribution < -0.4 is 5.56 Å². The van der Waals surface area contributed by atoms with Crippen molar-refractivity contribution in [1.29, 1.82) is 0 Å². The van der Waals surface area contributed by atoms with Gasteiger partial charge in [0.15, 0.2) is 0 Å². The van der Waals surface area contributed by atoms with Gasteiger partial charge in [0.25, 0.3) is 5.56 Å². The molecule has 168 valence electrons. The van der Waals surface area contributed by atoms with E-state index in [0.717, 1.165) is 41.7 Å². The molecule has 0 aromatic carbocycles. The van der Waals surface area contributed by atoms with Crippen LogP contribution in [-0.4, -0.2) is 57.1 Å². The van der Waals surface area contributed by atoms with Crippen LogP contribution in [0, 0.1) is 11.8 Å². The zero-order valence-electron chi connectivity index (χ0n) is 18.6. The number of aliphatic hydroxyl groups is 1. The maximum atomic E-state index is 13.5. The fourth-order valence-electron chi connectivity index (χ4n) is 5.88. The normalized spacial score (nSPS) is 26.7. The van der Waals surface area contributed by atoms with E-state index in [2.05, 4.69) is 16.0 Å². The number of pyridine rings is 2. The molecule has 2 aromatic heterocycles. The molecule has 5 rings (SSSR count). The van der Waals surface area contributed by atoms with Crippen molar-refractivity contribution in [1.82, 2.24) is 19.4 Å². The lowest BCUT2D eigenvalue weighted by molar-refractivity contribution is -0.135. The van der Waals surface area contributed by atoms with Crippen LogP contribution >= 0.6 is 0 Å². The van der Waals surface area contributed by atoms with Crippen molar-refractivity contribution in [2.45, 2.75) is 44.4 Å².